The van der Waals surface area contributed by atoms with Gasteiger partial charge in [0.25, 0.3) is 0 Å². The van der Waals surface area contributed by atoms with Gasteiger partial charge in [0.15, 0.2) is 0 Å². The standard InChI is InChI=1S/C12H14ClNO3S/c1-7(12(16)17)14-11(15)8(2)18-10-5-3-9(13)4-6-10/h3-8H,1-2H3,(H,14,15)(H,16,17). The lowest BCUT2D eigenvalue weighted by atomic mass is 10.3. The number of aliphatic carboxylic acids is 1. The SMILES string of the molecule is CC(NC(=O)C(C)Sc1ccc(Cl)cc1)C(=O)O. The second-order valence-corrected chi connectivity index (χ2v) is 5.63. The van der Waals surface area contributed by atoms with Crippen molar-refractivity contribution in [3.63, 3.8) is 0 Å². The van der Waals surface area contributed by atoms with E-state index in [1.807, 2.05) is 12.1 Å². The summed E-state index contributed by atoms with van der Waals surface area (Å²) in [6.45, 7) is 3.16. The molecule has 0 spiro atoms. The normalized spacial score (nSPS) is 13.7. The van der Waals surface area contributed by atoms with Gasteiger partial charge in [-0.05, 0) is 38.1 Å². The smallest absolute Gasteiger partial charge is 0.325 e. The fourth-order valence-corrected chi connectivity index (χ4v) is 2.17. The van der Waals surface area contributed by atoms with Crippen molar-refractivity contribution in [2.24, 2.45) is 0 Å². The van der Waals surface area contributed by atoms with Gasteiger partial charge in [0.05, 0.1) is 5.25 Å². The molecule has 98 valence electrons. The number of benzene rings is 1. The van der Waals surface area contributed by atoms with E-state index < -0.39 is 12.0 Å². The lowest BCUT2D eigenvalue weighted by Crippen LogP contribution is -2.41. The van der Waals surface area contributed by atoms with E-state index in [2.05, 4.69) is 5.32 Å². The van der Waals surface area contributed by atoms with Crippen molar-refractivity contribution < 1.29 is 14.7 Å². The molecule has 0 aromatic heterocycles. The molecule has 4 nitrogen and oxygen atoms in total. The topological polar surface area (TPSA) is 66.4 Å². The number of hydrogen-bond acceptors (Lipinski definition) is 3. The molecule has 0 saturated carbocycles. The van der Waals surface area contributed by atoms with E-state index in [0.717, 1.165) is 4.90 Å². The van der Waals surface area contributed by atoms with Crippen molar-refractivity contribution in [1.29, 1.82) is 0 Å². The van der Waals surface area contributed by atoms with E-state index in [0.29, 0.717) is 5.02 Å². The summed E-state index contributed by atoms with van der Waals surface area (Å²) in [5, 5.41) is 11.4. The van der Waals surface area contributed by atoms with Gasteiger partial charge in [-0.3, -0.25) is 9.59 Å². The van der Waals surface area contributed by atoms with Crippen LogP contribution in [0.5, 0.6) is 0 Å². The van der Waals surface area contributed by atoms with Crippen LogP contribution >= 0.6 is 23.4 Å². The molecule has 0 heterocycles. The van der Waals surface area contributed by atoms with Gasteiger partial charge in [-0.15, -0.1) is 11.8 Å². The molecule has 1 rings (SSSR count). The Bertz CT molecular complexity index is 435. The zero-order valence-corrected chi connectivity index (χ0v) is 11.6. The van der Waals surface area contributed by atoms with Gasteiger partial charge in [0.1, 0.15) is 6.04 Å². The van der Waals surface area contributed by atoms with Gasteiger partial charge in [0, 0.05) is 9.92 Å². The van der Waals surface area contributed by atoms with E-state index in [1.54, 1.807) is 19.1 Å². The van der Waals surface area contributed by atoms with Gasteiger partial charge >= 0.3 is 5.97 Å². The molecule has 1 aromatic carbocycles. The van der Waals surface area contributed by atoms with Gasteiger partial charge in [0.2, 0.25) is 5.91 Å². The molecule has 2 atom stereocenters. The zero-order chi connectivity index (χ0) is 13.7. The predicted octanol–water partition coefficient (Wildman–Crippen LogP) is 2.41. The molecule has 18 heavy (non-hydrogen) atoms. The maximum Gasteiger partial charge on any atom is 0.325 e. The minimum atomic E-state index is -1.05. The first-order chi connectivity index (χ1) is 8.40. The molecule has 0 aliphatic heterocycles. The van der Waals surface area contributed by atoms with Crippen molar-refractivity contribution in [2.45, 2.75) is 30.0 Å². The fraction of sp³-hybridized carbons (Fsp3) is 0.333. The summed E-state index contributed by atoms with van der Waals surface area (Å²) in [7, 11) is 0. The van der Waals surface area contributed by atoms with Crippen LogP contribution in [0, 0.1) is 0 Å². The molecule has 0 aliphatic carbocycles. The molecule has 0 aliphatic rings. The number of carbonyl (C=O) groups is 2. The summed E-state index contributed by atoms with van der Waals surface area (Å²) in [6.07, 6.45) is 0. The number of thioether (sulfide) groups is 1. The molecular formula is C12H14ClNO3S. The number of carboxylic acid groups (broad SMARTS) is 1. The lowest BCUT2D eigenvalue weighted by Gasteiger charge is -2.14. The summed E-state index contributed by atoms with van der Waals surface area (Å²) < 4.78 is 0. The molecule has 0 bridgehead atoms. The second kappa shape index (κ2) is 6.66. The minimum absolute atomic E-state index is 0.301. The van der Waals surface area contributed by atoms with Crippen LogP contribution in [0.3, 0.4) is 0 Å². The highest BCUT2D eigenvalue weighted by atomic mass is 35.5. The van der Waals surface area contributed by atoms with Crippen LogP contribution in [0.4, 0.5) is 0 Å². The lowest BCUT2D eigenvalue weighted by molar-refractivity contribution is -0.141. The van der Waals surface area contributed by atoms with Gasteiger partial charge in [-0.2, -0.15) is 0 Å². The van der Waals surface area contributed by atoms with Crippen molar-refractivity contribution in [2.75, 3.05) is 0 Å². The van der Waals surface area contributed by atoms with Crippen LogP contribution in [-0.4, -0.2) is 28.3 Å². The van der Waals surface area contributed by atoms with Crippen LogP contribution in [-0.2, 0) is 9.59 Å². The molecule has 0 radical (unpaired) electrons. The van der Waals surface area contributed by atoms with Crippen LogP contribution in [0.15, 0.2) is 29.2 Å². The highest BCUT2D eigenvalue weighted by Crippen LogP contribution is 2.24. The average Bonchev–Trinajstić information content (AvgIpc) is 2.31. The number of halogens is 1. The predicted molar refractivity (Wildman–Crippen MR) is 72.0 cm³/mol. The van der Waals surface area contributed by atoms with Crippen molar-refractivity contribution >= 4 is 35.2 Å². The Morgan fingerprint density at radius 1 is 1.28 bits per heavy atom. The molecule has 1 amide bonds. The molecule has 2 unspecified atom stereocenters. The van der Waals surface area contributed by atoms with E-state index in [9.17, 15) is 9.59 Å². The molecule has 0 saturated heterocycles. The summed E-state index contributed by atoms with van der Waals surface area (Å²) in [6, 6.07) is 6.24. The maximum atomic E-state index is 11.7. The average molecular weight is 288 g/mol. The Morgan fingerprint density at radius 2 is 1.83 bits per heavy atom. The van der Waals surface area contributed by atoms with E-state index in [-0.39, 0.29) is 11.2 Å². The van der Waals surface area contributed by atoms with Crippen LogP contribution in [0.25, 0.3) is 0 Å². The third kappa shape index (κ3) is 4.58. The summed E-state index contributed by atoms with van der Waals surface area (Å²) in [5.74, 6) is -1.35. The Balaban J connectivity index is 2.54. The molecule has 1 aromatic rings. The fourth-order valence-electron chi connectivity index (χ4n) is 1.16. The van der Waals surface area contributed by atoms with Crippen molar-refractivity contribution in [3.05, 3.63) is 29.3 Å². The zero-order valence-electron chi connectivity index (χ0n) is 10.0. The Labute approximate surface area is 115 Å². The highest BCUT2D eigenvalue weighted by Gasteiger charge is 2.19. The number of nitrogens with one attached hydrogen (secondary N) is 1. The summed E-state index contributed by atoms with van der Waals surface area (Å²) in [5.41, 5.74) is 0. The molecule has 0 fully saturated rings. The third-order valence-electron chi connectivity index (χ3n) is 2.22. The summed E-state index contributed by atoms with van der Waals surface area (Å²) >= 11 is 7.11. The number of amides is 1. The van der Waals surface area contributed by atoms with E-state index >= 15 is 0 Å². The Kier molecular flexibility index (Phi) is 5.50. The molecular weight excluding hydrogens is 274 g/mol. The quantitative estimate of drug-likeness (QED) is 0.816. The number of carbonyl (C=O) groups excluding carboxylic acids is 1. The van der Waals surface area contributed by atoms with Crippen LogP contribution in [0.1, 0.15) is 13.8 Å². The van der Waals surface area contributed by atoms with E-state index in [1.165, 1.54) is 18.7 Å². The number of hydrogen-bond donors (Lipinski definition) is 2. The van der Waals surface area contributed by atoms with Gasteiger partial charge in [-0.1, -0.05) is 11.6 Å². The monoisotopic (exact) mass is 287 g/mol. The summed E-state index contributed by atoms with van der Waals surface area (Å²) in [4.78, 5) is 23.2. The molecule has 2 N–H and O–H groups in total. The largest absolute Gasteiger partial charge is 0.480 e. The maximum absolute atomic E-state index is 11.7. The first-order valence-electron chi connectivity index (χ1n) is 5.35. The third-order valence-corrected chi connectivity index (χ3v) is 3.59. The highest BCUT2D eigenvalue weighted by molar-refractivity contribution is 8.00. The minimum Gasteiger partial charge on any atom is -0.480 e. The number of rotatable bonds is 5. The van der Waals surface area contributed by atoms with E-state index in [4.69, 9.17) is 16.7 Å². The van der Waals surface area contributed by atoms with Crippen LogP contribution in [0.2, 0.25) is 5.02 Å². The Morgan fingerprint density at radius 3 is 2.33 bits per heavy atom. The Hall–Kier alpha value is -1.20. The van der Waals surface area contributed by atoms with Crippen molar-refractivity contribution in [1.82, 2.24) is 5.32 Å². The molecule has 6 heteroatoms. The van der Waals surface area contributed by atoms with Crippen LogP contribution < -0.4 is 5.32 Å². The second-order valence-electron chi connectivity index (χ2n) is 3.78. The van der Waals surface area contributed by atoms with Gasteiger partial charge < -0.3 is 10.4 Å². The first kappa shape index (κ1) is 14.9. The van der Waals surface area contributed by atoms with Crippen molar-refractivity contribution in [3.8, 4) is 0 Å². The first-order valence-corrected chi connectivity index (χ1v) is 6.61. The number of carboxylic acids is 1. The van der Waals surface area contributed by atoms with Gasteiger partial charge in [-0.25, -0.2) is 0 Å².